The van der Waals surface area contributed by atoms with Crippen LogP contribution in [0, 0.1) is 0 Å². The summed E-state index contributed by atoms with van der Waals surface area (Å²) >= 11 is 0. The van der Waals surface area contributed by atoms with E-state index < -0.39 is 5.91 Å². The highest BCUT2D eigenvalue weighted by Crippen LogP contribution is 2.00. The van der Waals surface area contributed by atoms with Crippen molar-refractivity contribution in [3.8, 4) is 0 Å². The molecular formula is C7H11N3O2. The molecule has 0 spiro atoms. The molecule has 0 aliphatic carbocycles. The maximum atomic E-state index is 11.2. The fraction of sp³-hybridized carbons (Fsp3) is 0.429. The van der Waals surface area contributed by atoms with Crippen LogP contribution in [-0.4, -0.2) is 32.5 Å². The standard InChI is InChI=1S/C7H11N3O2/c1-3-10(12)7(11)6-4-8-9(2)5-6/h4-5,12H,3H2,1-2H3. The molecule has 1 aromatic rings. The molecule has 0 bridgehead atoms. The lowest BCUT2D eigenvalue weighted by molar-refractivity contribution is -0.0541. The highest BCUT2D eigenvalue weighted by Gasteiger charge is 2.12. The molecule has 1 heterocycles. The number of hydrogen-bond acceptors (Lipinski definition) is 3. The lowest BCUT2D eigenvalue weighted by Gasteiger charge is -2.09. The molecule has 0 aliphatic rings. The van der Waals surface area contributed by atoms with Gasteiger partial charge in [-0.05, 0) is 6.92 Å². The van der Waals surface area contributed by atoms with Crippen LogP contribution in [-0.2, 0) is 7.05 Å². The van der Waals surface area contributed by atoms with Crippen LogP contribution in [0.2, 0.25) is 0 Å². The summed E-state index contributed by atoms with van der Waals surface area (Å²) in [5.74, 6) is -0.425. The lowest BCUT2D eigenvalue weighted by atomic mass is 10.3. The van der Waals surface area contributed by atoms with E-state index in [0.29, 0.717) is 10.6 Å². The average Bonchev–Trinajstić information content (AvgIpc) is 2.49. The topological polar surface area (TPSA) is 58.4 Å². The zero-order valence-electron chi connectivity index (χ0n) is 7.06. The number of rotatable bonds is 2. The molecule has 0 fully saturated rings. The molecule has 1 N–H and O–H groups in total. The van der Waals surface area contributed by atoms with Crippen LogP contribution in [0.5, 0.6) is 0 Å². The van der Waals surface area contributed by atoms with Crippen molar-refractivity contribution >= 4 is 5.91 Å². The zero-order chi connectivity index (χ0) is 9.14. The molecule has 0 saturated heterocycles. The number of aromatic nitrogens is 2. The van der Waals surface area contributed by atoms with E-state index in [1.807, 2.05) is 0 Å². The molecule has 1 amide bonds. The summed E-state index contributed by atoms with van der Waals surface area (Å²) in [5, 5.41) is 13.5. The summed E-state index contributed by atoms with van der Waals surface area (Å²) in [6.07, 6.45) is 2.97. The molecular weight excluding hydrogens is 158 g/mol. The molecule has 5 heteroatoms. The molecule has 1 aromatic heterocycles. The van der Waals surface area contributed by atoms with E-state index in [1.165, 1.54) is 10.9 Å². The summed E-state index contributed by atoms with van der Waals surface area (Å²) in [6, 6.07) is 0. The molecule has 1 rings (SSSR count). The van der Waals surface area contributed by atoms with Gasteiger partial charge in [-0.2, -0.15) is 5.10 Å². The molecule has 12 heavy (non-hydrogen) atoms. The number of carbonyl (C=O) groups excluding carboxylic acids is 1. The van der Waals surface area contributed by atoms with Crippen LogP contribution in [0.1, 0.15) is 17.3 Å². The van der Waals surface area contributed by atoms with Gasteiger partial charge in [-0.25, -0.2) is 5.06 Å². The number of hydrogen-bond donors (Lipinski definition) is 1. The van der Waals surface area contributed by atoms with Crippen LogP contribution in [0.25, 0.3) is 0 Å². The predicted octanol–water partition coefficient (Wildman–Crippen LogP) is 0.271. The van der Waals surface area contributed by atoms with E-state index in [4.69, 9.17) is 5.21 Å². The first-order valence-corrected chi connectivity index (χ1v) is 3.64. The second-order valence-corrected chi connectivity index (χ2v) is 2.42. The molecule has 0 aromatic carbocycles. The van der Waals surface area contributed by atoms with E-state index in [1.54, 1.807) is 20.2 Å². The van der Waals surface area contributed by atoms with Crippen LogP contribution in [0.3, 0.4) is 0 Å². The first-order valence-electron chi connectivity index (χ1n) is 3.64. The van der Waals surface area contributed by atoms with Gasteiger partial charge >= 0.3 is 0 Å². The van der Waals surface area contributed by atoms with Crippen LogP contribution < -0.4 is 0 Å². The maximum Gasteiger partial charge on any atom is 0.280 e. The summed E-state index contributed by atoms with van der Waals surface area (Å²) in [7, 11) is 1.71. The Hall–Kier alpha value is -1.36. The van der Waals surface area contributed by atoms with Crippen LogP contribution in [0.4, 0.5) is 0 Å². The van der Waals surface area contributed by atoms with Crippen molar-refractivity contribution in [1.82, 2.24) is 14.8 Å². The Bertz CT molecular complexity index is 282. The van der Waals surface area contributed by atoms with Crippen molar-refractivity contribution in [3.63, 3.8) is 0 Å². The fourth-order valence-electron chi connectivity index (χ4n) is 0.824. The Morgan fingerprint density at radius 3 is 2.92 bits per heavy atom. The average molecular weight is 169 g/mol. The minimum atomic E-state index is -0.425. The SMILES string of the molecule is CCN(O)C(=O)c1cnn(C)c1. The van der Waals surface area contributed by atoms with Gasteiger partial charge in [0, 0.05) is 19.8 Å². The van der Waals surface area contributed by atoms with Crippen molar-refractivity contribution in [2.24, 2.45) is 7.05 Å². The number of aryl methyl sites for hydroxylation is 1. The number of amides is 1. The summed E-state index contributed by atoms with van der Waals surface area (Å²) in [5.41, 5.74) is 0.391. The Morgan fingerprint density at radius 2 is 2.50 bits per heavy atom. The van der Waals surface area contributed by atoms with Crippen LogP contribution >= 0.6 is 0 Å². The molecule has 0 saturated carbocycles. The van der Waals surface area contributed by atoms with E-state index in [2.05, 4.69) is 5.10 Å². The van der Waals surface area contributed by atoms with Gasteiger partial charge in [0.25, 0.3) is 5.91 Å². The Labute approximate surface area is 70.2 Å². The number of hydroxylamine groups is 2. The molecule has 0 radical (unpaired) electrons. The number of nitrogens with zero attached hydrogens (tertiary/aromatic N) is 3. The van der Waals surface area contributed by atoms with Gasteiger partial charge in [-0.3, -0.25) is 14.7 Å². The van der Waals surface area contributed by atoms with Gasteiger partial charge < -0.3 is 0 Å². The third kappa shape index (κ3) is 1.62. The third-order valence-corrected chi connectivity index (χ3v) is 1.49. The second-order valence-electron chi connectivity index (χ2n) is 2.42. The van der Waals surface area contributed by atoms with Crippen molar-refractivity contribution < 1.29 is 10.0 Å². The smallest absolute Gasteiger partial charge is 0.280 e. The third-order valence-electron chi connectivity index (χ3n) is 1.49. The van der Waals surface area contributed by atoms with Gasteiger partial charge in [-0.1, -0.05) is 0 Å². The van der Waals surface area contributed by atoms with E-state index in [0.717, 1.165) is 0 Å². The second kappa shape index (κ2) is 3.36. The van der Waals surface area contributed by atoms with E-state index >= 15 is 0 Å². The monoisotopic (exact) mass is 169 g/mol. The number of carbonyl (C=O) groups is 1. The first-order chi connectivity index (χ1) is 5.65. The maximum absolute atomic E-state index is 11.2. The normalized spacial score (nSPS) is 9.92. The molecule has 0 unspecified atom stereocenters. The fourth-order valence-corrected chi connectivity index (χ4v) is 0.824. The minimum Gasteiger partial charge on any atom is -0.286 e. The van der Waals surface area contributed by atoms with Crippen molar-refractivity contribution in [2.75, 3.05) is 6.54 Å². The van der Waals surface area contributed by atoms with Crippen molar-refractivity contribution in [1.29, 1.82) is 0 Å². The largest absolute Gasteiger partial charge is 0.286 e. The van der Waals surface area contributed by atoms with Gasteiger partial charge in [-0.15, -0.1) is 0 Å². The van der Waals surface area contributed by atoms with Gasteiger partial charge in [0.15, 0.2) is 0 Å². The summed E-state index contributed by atoms with van der Waals surface area (Å²) < 4.78 is 1.51. The Morgan fingerprint density at radius 1 is 1.83 bits per heavy atom. The summed E-state index contributed by atoms with van der Waals surface area (Å²) in [4.78, 5) is 11.2. The molecule has 0 aliphatic heterocycles. The van der Waals surface area contributed by atoms with Gasteiger partial charge in [0.1, 0.15) is 0 Å². The first kappa shape index (κ1) is 8.73. The van der Waals surface area contributed by atoms with Crippen molar-refractivity contribution in [3.05, 3.63) is 18.0 Å². The highest BCUT2D eigenvalue weighted by atomic mass is 16.5. The van der Waals surface area contributed by atoms with E-state index in [-0.39, 0.29) is 6.54 Å². The highest BCUT2D eigenvalue weighted by molar-refractivity contribution is 5.92. The Balaban J connectivity index is 2.78. The summed E-state index contributed by atoms with van der Waals surface area (Å²) in [6.45, 7) is 1.96. The van der Waals surface area contributed by atoms with Gasteiger partial charge in [0.2, 0.25) is 0 Å². The lowest BCUT2D eigenvalue weighted by Crippen LogP contribution is -2.26. The molecule has 66 valence electrons. The van der Waals surface area contributed by atoms with E-state index in [9.17, 15) is 4.79 Å². The van der Waals surface area contributed by atoms with Crippen molar-refractivity contribution in [2.45, 2.75) is 6.92 Å². The minimum absolute atomic E-state index is 0.272. The Kier molecular flexibility index (Phi) is 2.44. The predicted molar refractivity (Wildman–Crippen MR) is 41.7 cm³/mol. The van der Waals surface area contributed by atoms with Crippen LogP contribution in [0.15, 0.2) is 12.4 Å². The zero-order valence-corrected chi connectivity index (χ0v) is 7.06. The quantitative estimate of drug-likeness (QED) is 0.510. The van der Waals surface area contributed by atoms with Gasteiger partial charge in [0.05, 0.1) is 11.8 Å². The molecule has 0 atom stereocenters. The molecule has 5 nitrogen and oxygen atoms in total.